The molecule has 2 aromatic carbocycles. The summed E-state index contributed by atoms with van der Waals surface area (Å²) in [5.74, 6) is -0.0535. The molecular formula is C19H17N3OS2. The van der Waals surface area contributed by atoms with Crippen LogP contribution in [0.5, 0.6) is 0 Å². The van der Waals surface area contributed by atoms with E-state index in [1.165, 1.54) is 10.5 Å². The van der Waals surface area contributed by atoms with Crippen molar-refractivity contribution in [1.82, 2.24) is 10.3 Å². The molecule has 2 N–H and O–H groups in total. The van der Waals surface area contributed by atoms with Crippen LogP contribution in [0.2, 0.25) is 0 Å². The van der Waals surface area contributed by atoms with Crippen LogP contribution in [0, 0.1) is 6.92 Å². The van der Waals surface area contributed by atoms with Crippen molar-refractivity contribution >= 4 is 34.7 Å². The van der Waals surface area contributed by atoms with Crippen molar-refractivity contribution < 1.29 is 4.79 Å². The van der Waals surface area contributed by atoms with E-state index in [1.54, 1.807) is 34.8 Å². The molecule has 0 unspecified atom stereocenters. The number of amides is 1. The number of hydrogen-bond donors (Lipinski definition) is 2. The van der Waals surface area contributed by atoms with Gasteiger partial charge in [-0.1, -0.05) is 30.0 Å². The number of carbonyl (C=O) groups is 1. The second kappa shape index (κ2) is 6.90. The normalized spacial score (nSPS) is 12.5. The Kier molecular flexibility index (Phi) is 4.46. The Hall–Kier alpha value is -2.31. The number of hydrogen-bond acceptors (Lipinski definition) is 5. The SMILES string of the molecule is Cc1c(C(=O)NCc2cncs2)ccc2c1NCc1ccccc1S2. The van der Waals surface area contributed by atoms with E-state index < -0.39 is 0 Å². The number of thiazole rings is 1. The zero-order valence-electron chi connectivity index (χ0n) is 13.7. The number of anilines is 1. The van der Waals surface area contributed by atoms with Gasteiger partial charge in [-0.05, 0) is 36.2 Å². The summed E-state index contributed by atoms with van der Waals surface area (Å²) in [5, 5.41) is 6.48. The standard InChI is InChI=1S/C19H17N3OS2/c1-12-15(19(23)22-10-14-9-20-11-24-14)6-7-17-18(12)21-8-13-4-2-3-5-16(13)25-17/h2-7,9,11,21H,8,10H2,1H3,(H,22,23). The van der Waals surface area contributed by atoms with Gasteiger partial charge in [-0.25, -0.2) is 0 Å². The number of carbonyl (C=O) groups excluding carboxylic acids is 1. The van der Waals surface area contributed by atoms with Crippen molar-refractivity contribution in [3.05, 3.63) is 69.7 Å². The van der Waals surface area contributed by atoms with Crippen molar-refractivity contribution in [2.45, 2.75) is 29.8 Å². The molecular weight excluding hydrogens is 350 g/mol. The zero-order chi connectivity index (χ0) is 17.2. The van der Waals surface area contributed by atoms with Gasteiger partial charge in [0, 0.05) is 33.0 Å². The van der Waals surface area contributed by atoms with Crippen molar-refractivity contribution in [3.63, 3.8) is 0 Å². The van der Waals surface area contributed by atoms with Crippen LogP contribution in [0.3, 0.4) is 0 Å². The second-order valence-electron chi connectivity index (χ2n) is 5.83. The Morgan fingerprint density at radius 3 is 2.96 bits per heavy atom. The third-order valence-corrected chi connectivity index (χ3v) is 6.18. The fourth-order valence-corrected chi connectivity index (χ4v) is 4.53. The van der Waals surface area contributed by atoms with Crippen LogP contribution in [-0.4, -0.2) is 10.9 Å². The zero-order valence-corrected chi connectivity index (χ0v) is 15.3. The highest BCUT2D eigenvalue weighted by Gasteiger charge is 2.19. The Morgan fingerprint density at radius 2 is 2.12 bits per heavy atom. The number of nitrogens with one attached hydrogen (secondary N) is 2. The van der Waals surface area contributed by atoms with Crippen LogP contribution in [0.15, 0.2) is 57.9 Å². The van der Waals surface area contributed by atoms with Gasteiger partial charge in [-0.15, -0.1) is 11.3 Å². The molecule has 1 aliphatic heterocycles. The average Bonchev–Trinajstić information content (AvgIpc) is 3.06. The maximum Gasteiger partial charge on any atom is 0.251 e. The van der Waals surface area contributed by atoms with E-state index in [-0.39, 0.29) is 5.91 Å². The van der Waals surface area contributed by atoms with Gasteiger partial charge >= 0.3 is 0 Å². The summed E-state index contributed by atoms with van der Waals surface area (Å²) in [6, 6.07) is 12.3. The first-order chi connectivity index (χ1) is 12.2. The summed E-state index contributed by atoms with van der Waals surface area (Å²) >= 11 is 3.29. The molecule has 0 aliphatic carbocycles. The monoisotopic (exact) mass is 367 g/mol. The third-order valence-electron chi connectivity index (χ3n) is 4.23. The predicted octanol–water partition coefficient (Wildman–Crippen LogP) is 4.46. The number of aromatic nitrogens is 1. The van der Waals surface area contributed by atoms with E-state index in [0.29, 0.717) is 12.1 Å². The molecule has 0 spiro atoms. The third kappa shape index (κ3) is 3.27. The lowest BCUT2D eigenvalue weighted by atomic mass is 10.1. The first-order valence-corrected chi connectivity index (χ1v) is 9.71. The van der Waals surface area contributed by atoms with Crippen molar-refractivity contribution in [2.24, 2.45) is 0 Å². The molecule has 0 saturated carbocycles. The highest BCUT2D eigenvalue weighted by atomic mass is 32.2. The number of nitrogens with zero attached hydrogens (tertiary/aromatic N) is 1. The van der Waals surface area contributed by atoms with Crippen LogP contribution in [0.4, 0.5) is 5.69 Å². The lowest BCUT2D eigenvalue weighted by molar-refractivity contribution is 0.0950. The van der Waals surface area contributed by atoms with Crippen molar-refractivity contribution in [1.29, 1.82) is 0 Å². The summed E-state index contributed by atoms with van der Waals surface area (Å²) < 4.78 is 0. The molecule has 0 atom stereocenters. The molecule has 0 radical (unpaired) electrons. The van der Waals surface area contributed by atoms with Crippen LogP contribution >= 0.6 is 23.1 Å². The first kappa shape index (κ1) is 16.2. The molecule has 1 aromatic heterocycles. The van der Waals surface area contributed by atoms with E-state index in [2.05, 4.69) is 39.9 Å². The summed E-state index contributed by atoms with van der Waals surface area (Å²) in [4.78, 5) is 20.1. The summed E-state index contributed by atoms with van der Waals surface area (Å²) in [6.07, 6.45) is 1.78. The summed E-state index contributed by atoms with van der Waals surface area (Å²) in [7, 11) is 0. The maximum atomic E-state index is 12.6. The predicted molar refractivity (Wildman–Crippen MR) is 102 cm³/mol. The van der Waals surface area contributed by atoms with Crippen molar-refractivity contribution in [2.75, 3.05) is 5.32 Å². The Morgan fingerprint density at radius 1 is 1.24 bits per heavy atom. The fourth-order valence-electron chi connectivity index (χ4n) is 2.88. The molecule has 0 saturated heterocycles. The Balaban J connectivity index is 1.59. The van der Waals surface area contributed by atoms with Gasteiger partial charge in [0.15, 0.2) is 0 Å². The molecule has 2 heterocycles. The van der Waals surface area contributed by atoms with Gasteiger partial charge in [0.05, 0.1) is 17.7 Å². The molecule has 1 amide bonds. The summed E-state index contributed by atoms with van der Waals surface area (Å²) in [5.41, 5.74) is 5.79. The first-order valence-electron chi connectivity index (χ1n) is 8.01. The molecule has 25 heavy (non-hydrogen) atoms. The molecule has 6 heteroatoms. The minimum Gasteiger partial charge on any atom is -0.380 e. The van der Waals surface area contributed by atoms with E-state index in [4.69, 9.17) is 0 Å². The topological polar surface area (TPSA) is 54.0 Å². The van der Waals surface area contributed by atoms with Gasteiger partial charge in [-0.3, -0.25) is 9.78 Å². The number of benzene rings is 2. The molecule has 0 bridgehead atoms. The summed E-state index contributed by atoms with van der Waals surface area (Å²) in [6.45, 7) is 3.28. The fraction of sp³-hybridized carbons (Fsp3) is 0.158. The van der Waals surface area contributed by atoms with Gasteiger partial charge in [0.2, 0.25) is 0 Å². The van der Waals surface area contributed by atoms with E-state index in [1.807, 2.05) is 19.1 Å². The second-order valence-corrected chi connectivity index (χ2v) is 7.88. The Labute approximate surface area is 154 Å². The number of fused-ring (bicyclic) bond motifs is 2. The lowest BCUT2D eigenvalue weighted by Gasteiger charge is -2.14. The van der Waals surface area contributed by atoms with Crippen LogP contribution in [0.1, 0.15) is 26.4 Å². The highest BCUT2D eigenvalue weighted by molar-refractivity contribution is 7.99. The molecule has 4 nitrogen and oxygen atoms in total. The quantitative estimate of drug-likeness (QED) is 0.718. The average molecular weight is 367 g/mol. The van der Waals surface area contributed by atoms with Crippen LogP contribution < -0.4 is 10.6 Å². The van der Waals surface area contributed by atoms with Gasteiger partial charge < -0.3 is 10.6 Å². The molecule has 0 fully saturated rings. The van der Waals surface area contributed by atoms with E-state index in [0.717, 1.165) is 27.6 Å². The molecule has 126 valence electrons. The van der Waals surface area contributed by atoms with E-state index >= 15 is 0 Å². The molecule has 1 aliphatic rings. The largest absolute Gasteiger partial charge is 0.380 e. The van der Waals surface area contributed by atoms with Crippen LogP contribution in [0.25, 0.3) is 0 Å². The molecule has 4 rings (SSSR count). The number of rotatable bonds is 3. The lowest BCUT2D eigenvalue weighted by Crippen LogP contribution is -2.23. The van der Waals surface area contributed by atoms with Crippen molar-refractivity contribution in [3.8, 4) is 0 Å². The van der Waals surface area contributed by atoms with Gasteiger partial charge in [0.1, 0.15) is 0 Å². The smallest absolute Gasteiger partial charge is 0.251 e. The van der Waals surface area contributed by atoms with Crippen LogP contribution in [-0.2, 0) is 13.1 Å². The minimum absolute atomic E-state index is 0.0535. The highest BCUT2D eigenvalue weighted by Crippen LogP contribution is 2.41. The van der Waals surface area contributed by atoms with Gasteiger partial charge in [0.25, 0.3) is 5.91 Å². The molecule has 3 aromatic rings. The minimum atomic E-state index is -0.0535. The van der Waals surface area contributed by atoms with Gasteiger partial charge in [-0.2, -0.15) is 0 Å². The van der Waals surface area contributed by atoms with E-state index in [9.17, 15) is 4.79 Å². The maximum absolute atomic E-state index is 12.6. The Bertz CT molecular complexity index is 922.